The third-order valence-corrected chi connectivity index (χ3v) is 8.62. The van der Waals surface area contributed by atoms with E-state index in [1.807, 2.05) is 19.9 Å². The van der Waals surface area contributed by atoms with E-state index in [0.29, 0.717) is 21.4 Å². The number of aromatic nitrogens is 2. The van der Waals surface area contributed by atoms with Crippen LogP contribution in [0.4, 0.5) is 13.2 Å². The summed E-state index contributed by atoms with van der Waals surface area (Å²) in [5, 5.41) is 9.40. The van der Waals surface area contributed by atoms with Crippen LogP contribution in [-0.2, 0) is 11.2 Å². The molecule has 40 heavy (non-hydrogen) atoms. The largest absolute Gasteiger partial charge is 0.494 e. The zero-order valence-electron chi connectivity index (χ0n) is 22.0. The quantitative estimate of drug-likeness (QED) is 0.175. The molecule has 0 fully saturated rings. The maximum Gasteiger partial charge on any atom is 0.335 e. The van der Waals surface area contributed by atoms with Gasteiger partial charge >= 0.3 is 5.97 Å². The van der Waals surface area contributed by atoms with Crippen molar-refractivity contribution in [2.45, 2.75) is 35.1 Å². The zero-order valence-corrected chi connectivity index (χ0v) is 23.6. The summed E-state index contributed by atoms with van der Waals surface area (Å²) in [7, 11) is -1.66. The number of carboxylic acid groups (broad SMARTS) is 1. The molecule has 212 valence electrons. The first-order valence-electron chi connectivity index (χ1n) is 11.8. The number of hydrogen-bond donors (Lipinski definition) is 3. The number of halogens is 3. The number of carboxylic acids is 1. The van der Waals surface area contributed by atoms with Gasteiger partial charge in [-0.1, -0.05) is 37.7 Å². The Morgan fingerprint density at radius 1 is 1.05 bits per heavy atom. The van der Waals surface area contributed by atoms with Crippen LogP contribution in [0.1, 0.15) is 41.0 Å². The highest BCUT2D eigenvalue weighted by atomic mass is 32.3. The summed E-state index contributed by atoms with van der Waals surface area (Å²) in [6, 6.07) is 12.6. The van der Waals surface area contributed by atoms with Gasteiger partial charge in [0.2, 0.25) is 0 Å². The normalized spacial score (nSPS) is 12.4. The van der Waals surface area contributed by atoms with Crippen molar-refractivity contribution >= 4 is 28.3 Å². The number of hydrogen-bond acceptors (Lipinski definition) is 6. The van der Waals surface area contributed by atoms with Crippen LogP contribution in [0.2, 0.25) is 0 Å². The van der Waals surface area contributed by atoms with E-state index >= 15 is 0 Å². The van der Waals surface area contributed by atoms with Gasteiger partial charge < -0.3 is 9.84 Å². The Morgan fingerprint density at radius 3 is 2.33 bits per heavy atom. The molecule has 0 saturated carbocycles. The summed E-state index contributed by atoms with van der Waals surface area (Å²) in [4.78, 5) is 16.0. The number of thioether (sulfide) groups is 1. The first-order chi connectivity index (χ1) is 18.7. The Balaban J connectivity index is 1.83. The Hall–Kier alpha value is -3.45. The third kappa shape index (κ3) is 5.85. The van der Waals surface area contributed by atoms with Crippen molar-refractivity contribution < 1.29 is 36.9 Å². The Labute approximate surface area is 235 Å². The molecule has 4 aromatic rings. The molecule has 0 radical (unpaired) electrons. The highest BCUT2D eigenvalue weighted by Gasteiger charge is 2.31. The lowest BCUT2D eigenvalue weighted by Crippen LogP contribution is -2.23. The van der Waals surface area contributed by atoms with Crippen molar-refractivity contribution in [3.63, 3.8) is 0 Å². The molecular formula is C28H27F3N2O5S2. The lowest BCUT2D eigenvalue weighted by Gasteiger charge is -2.31. The van der Waals surface area contributed by atoms with Gasteiger partial charge in [0.25, 0.3) is 0 Å². The van der Waals surface area contributed by atoms with Crippen LogP contribution in [0.25, 0.3) is 5.69 Å². The van der Waals surface area contributed by atoms with E-state index in [2.05, 4.69) is 4.98 Å². The number of aromatic carboxylic acids is 1. The minimum Gasteiger partial charge on any atom is -0.494 e. The van der Waals surface area contributed by atoms with Crippen molar-refractivity contribution in [3.05, 3.63) is 101 Å². The van der Waals surface area contributed by atoms with Crippen molar-refractivity contribution in [3.8, 4) is 11.4 Å². The Bertz CT molecular complexity index is 1560. The van der Waals surface area contributed by atoms with E-state index in [1.54, 1.807) is 29.0 Å². The molecule has 12 heteroatoms. The van der Waals surface area contributed by atoms with Gasteiger partial charge in [0.05, 0.1) is 35.1 Å². The van der Waals surface area contributed by atoms with Gasteiger partial charge in [0.15, 0.2) is 16.7 Å². The number of methoxy groups -OCH3 is 1. The van der Waals surface area contributed by atoms with Crippen LogP contribution in [0.3, 0.4) is 0 Å². The van der Waals surface area contributed by atoms with Gasteiger partial charge in [-0.15, -0.1) is 0 Å². The summed E-state index contributed by atoms with van der Waals surface area (Å²) in [5.74, 6) is -4.25. The van der Waals surface area contributed by atoms with E-state index in [9.17, 15) is 27.1 Å². The number of benzene rings is 3. The molecule has 4 rings (SSSR count). The fourth-order valence-corrected chi connectivity index (χ4v) is 5.88. The van der Waals surface area contributed by atoms with Gasteiger partial charge in [-0.05, 0) is 42.0 Å². The van der Waals surface area contributed by atoms with Crippen molar-refractivity contribution in [2.75, 3.05) is 13.4 Å². The molecule has 3 aromatic carbocycles. The monoisotopic (exact) mass is 592 g/mol. The van der Waals surface area contributed by atoms with Crippen LogP contribution in [0.5, 0.6) is 5.75 Å². The maximum absolute atomic E-state index is 14.6. The van der Waals surface area contributed by atoms with Gasteiger partial charge in [-0.2, -0.15) is 10.6 Å². The number of carbonyl (C=O) groups is 1. The van der Waals surface area contributed by atoms with E-state index in [-0.39, 0.29) is 17.1 Å². The molecule has 0 unspecified atom stereocenters. The second kappa shape index (κ2) is 11.2. The fourth-order valence-electron chi connectivity index (χ4n) is 4.19. The van der Waals surface area contributed by atoms with Crippen LogP contribution >= 0.6 is 22.4 Å². The van der Waals surface area contributed by atoms with Gasteiger partial charge in [0.1, 0.15) is 11.6 Å². The fraction of sp³-hybridized carbons (Fsp3) is 0.214. The summed E-state index contributed by atoms with van der Waals surface area (Å²) in [6.45, 7) is 3.81. The molecule has 0 saturated heterocycles. The lowest BCUT2D eigenvalue weighted by atomic mass is 9.81. The molecule has 0 aliphatic rings. The van der Waals surface area contributed by atoms with E-state index in [4.69, 9.17) is 9.84 Å². The second-order valence-electron chi connectivity index (χ2n) is 9.58. The topological polar surface area (TPSA) is 105 Å². The summed E-state index contributed by atoms with van der Waals surface area (Å²) < 4.78 is 70.9. The first kappa shape index (κ1) is 29.5. The molecule has 0 aliphatic heterocycles. The van der Waals surface area contributed by atoms with Crippen molar-refractivity contribution in [1.29, 1.82) is 0 Å². The minimum atomic E-state index is -2.99. The van der Waals surface area contributed by atoms with Crippen LogP contribution in [0, 0.1) is 17.5 Å². The highest BCUT2D eigenvalue weighted by molar-refractivity contribution is 8.23. The number of nitrogens with zero attached hydrogens (tertiary/aromatic N) is 2. The molecule has 0 aliphatic carbocycles. The summed E-state index contributed by atoms with van der Waals surface area (Å²) in [5.41, 5.74) is 0.227. The van der Waals surface area contributed by atoms with E-state index in [0.717, 1.165) is 29.5 Å². The molecule has 3 N–H and O–H groups in total. The average molecular weight is 593 g/mol. The second-order valence-corrected chi connectivity index (χ2v) is 12.7. The van der Waals surface area contributed by atoms with Gasteiger partial charge in [-0.3, -0.25) is 13.7 Å². The van der Waals surface area contributed by atoms with Crippen molar-refractivity contribution in [2.24, 2.45) is 0 Å². The number of ether oxygens (including phenoxy) is 1. The predicted molar refractivity (Wildman–Crippen MR) is 149 cm³/mol. The molecule has 0 bridgehead atoms. The number of imidazole rings is 1. The first-order valence-corrected chi connectivity index (χ1v) is 14.8. The molecule has 0 spiro atoms. The smallest absolute Gasteiger partial charge is 0.335 e. The molecule has 0 amide bonds. The van der Waals surface area contributed by atoms with Gasteiger partial charge in [0, 0.05) is 29.1 Å². The SMILES string of the molecule is COc1cc(-n2c(C(C)(C)c3cccc(S(C)(O)O)c3)cnc2SCc2c(F)cc(C(=O)O)cc2F)ccc1F. The minimum absolute atomic E-state index is 0.0193. The van der Waals surface area contributed by atoms with Crippen molar-refractivity contribution in [1.82, 2.24) is 9.55 Å². The molecular weight excluding hydrogens is 565 g/mol. The summed E-state index contributed by atoms with van der Waals surface area (Å²) in [6.07, 6.45) is 2.93. The molecule has 7 nitrogen and oxygen atoms in total. The number of rotatable bonds is 9. The van der Waals surface area contributed by atoms with E-state index in [1.165, 1.54) is 31.6 Å². The Kier molecular flexibility index (Phi) is 8.27. The maximum atomic E-state index is 14.6. The molecule has 1 aromatic heterocycles. The predicted octanol–water partition coefficient (Wildman–Crippen LogP) is 7.35. The molecule has 0 atom stereocenters. The lowest BCUT2D eigenvalue weighted by molar-refractivity contribution is 0.0695. The Morgan fingerprint density at radius 2 is 1.73 bits per heavy atom. The van der Waals surface area contributed by atoms with Gasteiger partial charge in [-0.25, -0.2) is 22.9 Å². The van der Waals surface area contributed by atoms with E-state index < -0.39 is 45.0 Å². The van der Waals surface area contributed by atoms with Crippen LogP contribution in [-0.4, -0.2) is 43.1 Å². The highest BCUT2D eigenvalue weighted by Crippen LogP contribution is 2.46. The summed E-state index contributed by atoms with van der Waals surface area (Å²) >= 11 is 1.01. The third-order valence-electron chi connectivity index (χ3n) is 6.50. The molecule has 1 heterocycles. The standard InChI is InChI=1S/C28H27F3N2O5S2/c1-28(2,17-6-5-7-19(12-17)40(4,36)37)25-14-32-27(33(25)18-8-9-21(29)24(13-18)38-3)39-15-20-22(30)10-16(26(34)35)11-23(20)31/h5-14,36-37H,15H2,1-4H3,(H,34,35). The average Bonchev–Trinajstić information content (AvgIpc) is 3.32. The van der Waals surface area contributed by atoms with Crippen LogP contribution < -0.4 is 4.74 Å². The zero-order chi connectivity index (χ0) is 29.4. The van der Waals surface area contributed by atoms with Crippen LogP contribution in [0.15, 0.2) is 70.8 Å².